The van der Waals surface area contributed by atoms with E-state index >= 15 is 0 Å². The number of methoxy groups -OCH3 is 1. The van der Waals surface area contributed by atoms with Crippen molar-refractivity contribution in [2.24, 2.45) is 0 Å². The van der Waals surface area contributed by atoms with Crippen LogP contribution in [-0.4, -0.2) is 42.7 Å². The SMILES string of the molecule is COc1cc(C(=O)N(CCO)CCc2ccccc2)ccc1F. The summed E-state index contributed by atoms with van der Waals surface area (Å²) in [6.45, 7) is 0.577. The normalized spacial score (nSPS) is 10.4. The number of halogens is 1. The van der Waals surface area contributed by atoms with Crippen LogP contribution < -0.4 is 4.74 Å². The van der Waals surface area contributed by atoms with E-state index in [9.17, 15) is 14.3 Å². The lowest BCUT2D eigenvalue weighted by atomic mass is 10.1. The molecule has 0 aliphatic heterocycles. The van der Waals surface area contributed by atoms with Crippen molar-refractivity contribution in [2.45, 2.75) is 6.42 Å². The molecule has 2 rings (SSSR count). The standard InChI is InChI=1S/C18H20FNO3/c1-23-17-13-15(7-8-16(17)19)18(22)20(11-12-21)10-9-14-5-3-2-4-6-14/h2-8,13,21H,9-12H2,1H3. The molecule has 0 aliphatic rings. The summed E-state index contributed by atoms with van der Waals surface area (Å²) in [6.07, 6.45) is 0.685. The summed E-state index contributed by atoms with van der Waals surface area (Å²) < 4.78 is 18.4. The second-order valence-electron chi connectivity index (χ2n) is 5.10. The zero-order chi connectivity index (χ0) is 16.7. The van der Waals surface area contributed by atoms with Gasteiger partial charge in [-0.15, -0.1) is 0 Å². The molecular weight excluding hydrogens is 297 g/mol. The minimum Gasteiger partial charge on any atom is -0.494 e. The second-order valence-corrected chi connectivity index (χ2v) is 5.10. The largest absolute Gasteiger partial charge is 0.494 e. The molecule has 2 aromatic rings. The van der Waals surface area contributed by atoms with Gasteiger partial charge in [0.2, 0.25) is 0 Å². The van der Waals surface area contributed by atoms with Crippen LogP contribution in [0.4, 0.5) is 4.39 Å². The predicted octanol–water partition coefficient (Wildman–Crippen LogP) is 2.51. The number of nitrogens with zero attached hydrogens (tertiary/aromatic N) is 1. The molecule has 0 aromatic heterocycles. The fraction of sp³-hybridized carbons (Fsp3) is 0.278. The number of amides is 1. The second kappa shape index (κ2) is 8.29. The highest BCUT2D eigenvalue weighted by atomic mass is 19.1. The van der Waals surface area contributed by atoms with Crippen LogP contribution in [0.2, 0.25) is 0 Å². The third-order valence-electron chi connectivity index (χ3n) is 3.57. The van der Waals surface area contributed by atoms with Crippen LogP contribution in [0.25, 0.3) is 0 Å². The predicted molar refractivity (Wildman–Crippen MR) is 86.1 cm³/mol. The highest BCUT2D eigenvalue weighted by molar-refractivity contribution is 5.94. The number of aliphatic hydroxyl groups excluding tert-OH is 1. The van der Waals surface area contributed by atoms with Gasteiger partial charge in [0.25, 0.3) is 5.91 Å². The summed E-state index contributed by atoms with van der Waals surface area (Å²) in [5.74, 6) is -0.738. The van der Waals surface area contributed by atoms with Gasteiger partial charge < -0.3 is 14.7 Å². The molecule has 122 valence electrons. The number of rotatable bonds is 7. The van der Waals surface area contributed by atoms with Gasteiger partial charge in [-0.3, -0.25) is 4.79 Å². The molecule has 0 bridgehead atoms. The Hall–Kier alpha value is -2.40. The van der Waals surface area contributed by atoms with Crippen molar-refractivity contribution in [3.63, 3.8) is 0 Å². The molecule has 5 heteroatoms. The van der Waals surface area contributed by atoms with Gasteiger partial charge in [-0.1, -0.05) is 30.3 Å². The van der Waals surface area contributed by atoms with Crippen LogP contribution in [0, 0.1) is 5.82 Å². The third-order valence-corrected chi connectivity index (χ3v) is 3.57. The van der Waals surface area contributed by atoms with Gasteiger partial charge in [-0.25, -0.2) is 4.39 Å². The number of ether oxygens (including phenoxy) is 1. The monoisotopic (exact) mass is 317 g/mol. The van der Waals surface area contributed by atoms with Crippen molar-refractivity contribution >= 4 is 5.91 Å². The van der Waals surface area contributed by atoms with E-state index in [1.165, 1.54) is 25.3 Å². The van der Waals surface area contributed by atoms with Crippen LogP contribution >= 0.6 is 0 Å². The van der Waals surface area contributed by atoms with Crippen molar-refractivity contribution in [3.8, 4) is 5.75 Å². The summed E-state index contributed by atoms with van der Waals surface area (Å²) in [4.78, 5) is 14.1. The molecule has 23 heavy (non-hydrogen) atoms. The molecule has 0 saturated carbocycles. The maximum absolute atomic E-state index is 13.5. The lowest BCUT2D eigenvalue weighted by molar-refractivity contribution is 0.0723. The van der Waals surface area contributed by atoms with Gasteiger partial charge in [0.1, 0.15) is 0 Å². The summed E-state index contributed by atoms with van der Waals surface area (Å²) in [5, 5.41) is 9.20. The smallest absolute Gasteiger partial charge is 0.254 e. The van der Waals surface area contributed by atoms with Crippen molar-refractivity contribution < 1.29 is 19.0 Å². The van der Waals surface area contributed by atoms with Gasteiger partial charge in [0.15, 0.2) is 11.6 Å². The third kappa shape index (κ3) is 4.53. The number of aliphatic hydroxyl groups is 1. The molecule has 0 aliphatic carbocycles. The Bertz CT molecular complexity index is 646. The molecule has 1 amide bonds. The van der Waals surface area contributed by atoms with Gasteiger partial charge in [-0.05, 0) is 30.2 Å². The molecule has 2 aromatic carbocycles. The van der Waals surface area contributed by atoms with Gasteiger partial charge in [0.05, 0.1) is 13.7 Å². The average Bonchev–Trinajstić information content (AvgIpc) is 2.59. The molecule has 4 nitrogen and oxygen atoms in total. The summed E-state index contributed by atoms with van der Waals surface area (Å²) in [6, 6.07) is 13.8. The molecule has 0 spiro atoms. The van der Waals surface area contributed by atoms with E-state index in [2.05, 4.69) is 0 Å². The number of benzene rings is 2. The lowest BCUT2D eigenvalue weighted by Crippen LogP contribution is -2.35. The first-order valence-corrected chi connectivity index (χ1v) is 7.43. The summed E-state index contributed by atoms with van der Waals surface area (Å²) in [7, 11) is 1.35. The average molecular weight is 317 g/mol. The number of hydrogen-bond donors (Lipinski definition) is 1. The first kappa shape index (κ1) is 17.0. The Morgan fingerprint density at radius 2 is 1.91 bits per heavy atom. The van der Waals surface area contributed by atoms with E-state index in [1.54, 1.807) is 4.90 Å². The topological polar surface area (TPSA) is 49.8 Å². The van der Waals surface area contributed by atoms with Crippen LogP contribution in [0.3, 0.4) is 0 Å². The summed E-state index contributed by atoms with van der Waals surface area (Å²) >= 11 is 0. The van der Waals surface area contributed by atoms with E-state index in [4.69, 9.17) is 4.74 Å². The number of carbonyl (C=O) groups is 1. The highest BCUT2D eigenvalue weighted by Crippen LogP contribution is 2.19. The Morgan fingerprint density at radius 1 is 1.17 bits per heavy atom. The zero-order valence-electron chi connectivity index (χ0n) is 13.0. The van der Waals surface area contributed by atoms with Crippen molar-refractivity contribution in [2.75, 3.05) is 26.8 Å². The quantitative estimate of drug-likeness (QED) is 0.853. The highest BCUT2D eigenvalue weighted by Gasteiger charge is 2.17. The fourth-order valence-electron chi connectivity index (χ4n) is 2.32. The number of carbonyl (C=O) groups excluding carboxylic acids is 1. The van der Waals surface area contributed by atoms with Gasteiger partial charge >= 0.3 is 0 Å². The molecule has 0 fully saturated rings. The molecular formula is C18H20FNO3. The Balaban J connectivity index is 2.11. The van der Waals surface area contributed by atoms with Gasteiger partial charge in [-0.2, -0.15) is 0 Å². The zero-order valence-corrected chi connectivity index (χ0v) is 13.0. The fourth-order valence-corrected chi connectivity index (χ4v) is 2.32. The maximum atomic E-state index is 13.5. The maximum Gasteiger partial charge on any atom is 0.254 e. The van der Waals surface area contributed by atoms with Crippen LogP contribution in [-0.2, 0) is 6.42 Å². The molecule has 0 radical (unpaired) electrons. The van der Waals surface area contributed by atoms with Crippen molar-refractivity contribution in [3.05, 3.63) is 65.5 Å². The van der Waals surface area contributed by atoms with E-state index < -0.39 is 5.82 Å². The number of hydrogen-bond acceptors (Lipinski definition) is 3. The molecule has 0 atom stereocenters. The van der Waals surface area contributed by atoms with Crippen LogP contribution in [0.15, 0.2) is 48.5 Å². The molecule has 0 heterocycles. The summed E-state index contributed by atoms with van der Waals surface area (Å²) in [5.41, 5.74) is 1.45. The molecule has 0 saturated heterocycles. The Labute approximate surface area is 135 Å². The van der Waals surface area contributed by atoms with E-state index in [-0.39, 0.29) is 24.8 Å². The van der Waals surface area contributed by atoms with Crippen LogP contribution in [0.5, 0.6) is 5.75 Å². The van der Waals surface area contributed by atoms with Gasteiger partial charge in [0, 0.05) is 18.7 Å². The Kier molecular flexibility index (Phi) is 6.11. The van der Waals surface area contributed by atoms with E-state index in [0.717, 1.165) is 5.56 Å². The first-order chi connectivity index (χ1) is 11.2. The van der Waals surface area contributed by atoms with E-state index in [0.29, 0.717) is 18.5 Å². The minimum absolute atomic E-state index is 0.0304. The first-order valence-electron chi connectivity index (χ1n) is 7.43. The Morgan fingerprint density at radius 3 is 2.57 bits per heavy atom. The van der Waals surface area contributed by atoms with E-state index in [1.807, 2.05) is 30.3 Å². The van der Waals surface area contributed by atoms with Crippen molar-refractivity contribution in [1.82, 2.24) is 4.90 Å². The minimum atomic E-state index is -0.512. The lowest BCUT2D eigenvalue weighted by Gasteiger charge is -2.22. The van der Waals surface area contributed by atoms with Crippen molar-refractivity contribution in [1.29, 1.82) is 0 Å². The molecule has 1 N–H and O–H groups in total. The molecule has 0 unspecified atom stereocenters. The van der Waals surface area contributed by atoms with Crippen LogP contribution in [0.1, 0.15) is 15.9 Å².